The molecule has 82 valence electrons. The number of carbonyl (C=O) groups excluding carboxylic acids is 2. The Morgan fingerprint density at radius 1 is 1.06 bits per heavy atom. The number of hydrogen-bond donors (Lipinski definition) is 2. The minimum absolute atomic E-state index is 0.116. The molecule has 2 amide bonds. The number of benzene rings is 1. The topological polar surface area (TPSA) is 70.6 Å². The molecular weight excluding hydrogens is 206 g/mol. The number of hydrogen-bond acceptors (Lipinski definition) is 3. The van der Waals surface area contributed by atoms with Crippen LogP contribution in [0.2, 0.25) is 0 Å². The van der Waals surface area contributed by atoms with Gasteiger partial charge in [0.15, 0.2) is 0 Å². The van der Waals surface area contributed by atoms with Crippen LogP contribution in [0.15, 0.2) is 35.3 Å². The van der Waals surface area contributed by atoms with Crippen molar-refractivity contribution in [1.82, 2.24) is 10.6 Å². The van der Waals surface area contributed by atoms with Gasteiger partial charge in [-0.2, -0.15) is 0 Å². The Morgan fingerprint density at radius 3 is 2.19 bits per heavy atom. The number of guanidine groups is 1. The van der Waals surface area contributed by atoms with E-state index in [9.17, 15) is 9.59 Å². The molecule has 1 aliphatic heterocycles. The molecule has 0 aliphatic carbocycles. The average Bonchev–Trinajstić information content (AvgIpc) is 2.59. The van der Waals surface area contributed by atoms with Crippen molar-refractivity contribution in [2.24, 2.45) is 4.99 Å². The minimum atomic E-state index is -0.668. The van der Waals surface area contributed by atoms with E-state index in [2.05, 4.69) is 15.6 Å². The molecule has 0 saturated carbocycles. The van der Waals surface area contributed by atoms with Crippen LogP contribution in [0.25, 0.3) is 0 Å². The Hall–Kier alpha value is -2.17. The van der Waals surface area contributed by atoms with E-state index in [-0.39, 0.29) is 12.0 Å². The molecule has 2 N–H and O–H groups in total. The second kappa shape index (κ2) is 4.14. The summed E-state index contributed by atoms with van der Waals surface area (Å²) in [7, 11) is 0. The van der Waals surface area contributed by atoms with Crippen LogP contribution in [-0.4, -0.2) is 17.8 Å². The van der Waals surface area contributed by atoms with Crippen molar-refractivity contribution >= 4 is 17.8 Å². The molecule has 0 spiro atoms. The Bertz CT molecular complexity index is 436. The van der Waals surface area contributed by atoms with E-state index in [1.54, 1.807) is 0 Å². The van der Waals surface area contributed by atoms with Crippen molar-refractivity contribution in [2.45, 2.75) is 13.0 Å². The number of amides is 2. The first-order valence-electron chi connectivity index (χ1n) is 4.92. The van der Waals surface area contributed by atoms with E-state index in [0.717, 1.165) is 5.56 Å². The predicted molar refractivity (Wildman–Crippen MR) is 58.6 cm³/mol. The molecule has 5 nitrogen and oxygen atoms in total. The summed E-state index contributed by atoms with van der Waals surface area (Å²) in [6, 6.07) is 9.51. The molecule has 1 unspecified atom stereocenters. The average molecular weight is 217 g/mol. The number of carbonyl (C=O) groups is 2. The van der Waals surface area contributed by atoms with Crippen molar-refractivity contribution in [2.75, 3.05) is 0 Å². The van der Waals surface area contributed by atoms with Crippen molar-refractivity contribution < 1.29 is 9.59 Å². The van der Waals surface area contributed by atoms with E-state index < -0.39 is 11.8 Å². The fourth-order valence-corrected chi connectivity index (χ4v) is 1.42. The van der Waals surface area contributed by atoms with Crippen molar-refractivity contribution in [3.63, 3.8) is 0 Å². The monoisotopic (exact) mass is 217 g/mol. The van der Waals surface area contributed by atoms with Crippen molar-refractivity contribution in [3.8, 4) is 0 Å². The molecule has 1 saturated heterocycles. The lowest BCUT2D eigenvalue weighted by atomic mass is 10.1. The lowest BCUT2D eigenvalue weighted by Crippen LogP contribution is -2.26. The SMILES string of the molecule is CC(N=C1NC(=O)C(=O)N1)c1ccccc1. The summed E-state index contributed by atoms with van der Waals surface area (Å²) in [4.78, 5) is 26.0. The summed E-state index contributed by atoms with van der Waals surface area (Å²) in [5, 5.41) is 4.71. The van der Waals surface area contributed by atoms with Crippen molar-refractivity contribution in [3.05, 3.63) is 35.9 Å². The van der Waals surface area contributed by atoms with Crippen LogP contribution in [0.1, 0.15) is 18.5 Å². The minimum Gasteiger partial charge on any atom is -0.288 e. The highest BCUT2D eigenvalue weighted by Crippen LogP contribution is 2.15. The lowest BCUT2D eigenvalue weighted by molar-refractivity contribution is -0.135. The van der Waals surface area contributed by atoms with Crippen LogP contribution in [0.4, 0.5) is 0 Å². The van der Waals surface area contributed by atoms with Gasteiger partial charge in [-0.25, -0.2) is 4.99 Å². The zero-order valence-corrected chi connectivity index (χ0v) is 8.73. The highest BCUT2D eigenvalue weighted by Gasteiger charge is 2.25. The normalized spacial score (nSPS) is 16.7. The molecule has 0 aromatic heterocycles. The molecule has 1 fully saturated rings. The zero-order chi connectivity index (χ0) is 11.5. The molecule has 16 heavy (non-hydrogen) atoms. The van der Waals surface area contributed by atoms with Crippen LogP contribution in [0.5, 0.6) is 0 Å². The lowest BCUT2D eigenvalue weighted by Gasteiger charge is -2.07. The molecule has 1 aromatic rings. The quantitative estimate of drug-likeness (QED) is 0.702. The molecule has 1 aromatic carbocycles. The summed E-state index contributed by atoms with van der Waals surface area (Å²) in [5.74, 6) is -1.12. The molecule has 1 heterocycles. The van der Waals surface area contributed by atoms with Crippen LogP contribution in [-0.2, 0) is 9.59 Å². The van der Waals surface area contributed by atoms with E-state index in [1.165, 1.54) is 0 Å². The molecule has 1 aliphatic rings. The number of aliphatic imine (C=N–C) groups is 1. The number of nitrogens with zero attached hydrogens (tertiary/aromatic N) is 1. The van der Waals surface area contributed by atoms with Gasteiger partial charge >= 0.3 is 11.8 Å². The second-order valence-corrected chi connectivity index (χ2v) is 3.47. The largest absolute Gasteiger partial charge is 0.316 e. The summed E-state index contributed by atoms with van der Waals surface area (Å²) >= 11 is 0. The maximum Gasteiger partial charge on any atom is 0.316 e. The predicted octanol–water partition coefficient (Wildman–Crippen LogP) is 0.350. The van der Waals surface area contributed by atoms with E-state index in [0.29, 0.717) is 0 Å². The van der Waals surface area contributed by atoms with Gasteiger partial charge in [0.05, 0.1) is 6.04 Å². The number of rotatable bonds is 2. The smallest absolute Gasteiger partial charge is 0.288 e. The molecule has 0 bridgehead atoms. The fraction of sp³-hybridized carbons (Fsp3) is 0.182. The summed E-state index contributed by atoms with van der Waals surface area (Å²) < 4.78 is 0. The van der Waals surface area contributed by atoms with E-state index >= 15 is 0 Å². The van der Waals surface area contributed by atoms with Gasteiger partial charge in [-0.15, -0.1) is 0 Å². The molecule has 2 rings (SSSR count). The third-order valence-electron chi connectivity index (χ3n) is 2.27. The maximum absolute atomic E-state index is 10.9. The summed E-state index contributed by atoms with van der Waals surface area (Å²) in [6.45, 7) is 1.89. The molecular formula is C11H11N3O2. The Morgan fingerprint density at radius 2 is 1.62 bits per heavy atom. The Labute approximate surface area is 92.6 Å². The molecule has 0 radical (unpaired) electrons. The summed E-state index contributed by atoms with van der Waals surface area (Å²) in [5.41, 5.74) is 1.02. The number of nitrogens with one attached hydrogen (secondary N) is 2. The molecule has 1 atom stereocenters. The third kappa shape index (κ3) is 2.08. The van der Waals surface area contributed by atoms with E-state index in [1.807, 2.05) is 37.3 Å². The van der Waals surface area contributed by atoms with Crippen molar-refractivity contribution in [1.29, 1.82) is 0 Å². The van der Waals surface area contributed by atoms with Crippen LogP contribution < -0.4 is 10.6 Å². The summed E-state index contributed by atoms with van der Waals surface area (Å²) in [6.07, 6.45) is 0. The first-order valence-corrected chi connectivity index (χ1v) is 4.92. The van der Waals surface area contributed by atoms with Crippen LogP contribution in [0.3, 0.4) is 0 Å². The van der Waals surface area contributed by atoms with Crippen LogP contribution >= 0.6 is 0 Å². The maximum atomic E-state index is 10.9. The Balaban J connectivity index is 2.14. The molecule has 5 heteroatoms. The Kier molecular flexibility index (Phi) is 2.68. The van der Waals surface area contributed by atoms with E-state index in [4.69, 9.17) is 0 Å². The third-order valence-corrected chi connectivity index (χ3v) is 2.27. The van der Waals surface area contributed by atoms with Gasteiger partial charge in [0, 0.05) is 0 Å². The second-order valence-electron chi connectivity index (χ2n) is 3.47. The van der Waals surface area contributed by atoms with Gasteiger partial charge in [-0.1, -0.05) is 30.3 Å². The first kappa shape index (κ1) is 10.4. The van der Waals surface area contributed by atoms with Gasteiger partial charge < -0.3 is 0 Å². The van der Waals surface area contributed by atoms with Crippen LogP contribution in [0, 0.1) is 0 Å². The van der Waals surface area contributed by atoms with Gasteiger partial charge in [0.25, 0.3) is 0 Å². The highest BCUT2D eigenvalue weighted by atomic mass is 16.2. The first-order chi connectivity index (χ1) is 7.66. The standard InChI is InChI=1S/C11H11N3O2/c1-7(8-5-3-2-4-6-8)12-11-13-9(15)10(16)14-11/h2-7H,1H3,(H2,12,13,14,15,16). The van der Waals surface area contributed by atoms with Gasteiger partial charge in [-0.3, -0.25) is 20.2 Å². The highest BCUT2D eigenvalue weighted by molar-refractivity contribution is 6.45. The van der Waals surface area contributed by atoms with Gasteiger partial charge in [0.1, 0.15) is 0 Å². The van der Waals surface area contributed by atoms with Gasteiger partial charge in [-0.05, 0) is 12.5 Å². The fourth-order valence-electron chi connectivity index (χ4n) is 1.42. The van der Waals surface area contributed by atoms with Gasteiger partial charge in [0.2, 0.25) is 5.96 Å². The zero-order valence-electron chi connectivity index (χ0n) is 8.73.